The van der Waals surface area contributed by atoms with E-state index < -0.39 is 0 Å². The van der Waals surface area contributed by atoms with Crippen LogP contribution in [0.25, 0.3) is 0 Å². The molecule has 0 aliphatic carbocycles. The number of nitrogens with zero attached hydrogens (tertiary/aromatic N) is 2. The van der Waals surface area contributed by atoms with E-state index in [1.807, 2.05) is 30.3 Å². The average molecular weight is 459 g/mol. The maximum atomic E-state index is 6.27. The molecule has 0 N–H and O–H groups in total. The Morgan fingerprint density at radius 1 is 1.06 bits per heavy atom. The number of hydrogen-bond donors (Lipinski definition) is 0. The molecule has 0 saturated carbocycles. The van der Waals surface area contributed by atoms with E-state index in [9.17, 15) is 0 Å². The number of ether oxygens (including phenoxy) is 3. The van der Waals surface area contributed by atoms with E-state index in [1.165, 1.54) is 5.56 Å². The van der Waals surface area contributed by atoms with Crippen LogP contribution in [0, 0.1) is 0 Å². The Bertz CT molecular complexity index is 940. The van der Waals surface area contributed by atoms with Gasteiger partial charge in [0.25, 0.3) is 0 Å². The molecule has 0 radical (unpaired) electrons. The molecule has 0 amide bonds. The molecule has 7 heteroatoms. The molecular weight excluding hydrogens is 432 g/mol. The zero-order valence-corrected chi connectivity index (χ0v) is 19.2. The summed E-state index contributed by atoms with van der Waals surface area (Å²) in [6, 6.07) is 14.8. The number of likely N-dealkylation sites (tertiary alicyclic amines) is 1. The van der Waals surface area contributed by atoms with Crippen LogP contribution in [0.1, 0.15) is 29.2 Å². The van der Waals surface area contributed by atoms with E-state index in [4.69, 9.17) is 30.8 Å². The lowest BCUT2D eigenvalue weighted by Crippen LogP contribution is -2.58. The summed E-state index contributed by atoms with van der Waals surface area (Å²) in [5.41, 5.74) is 2.32. The quantitative estimate of drug-likeness (QED) is 0.620. The van der Waals surface area contributed by atoms with E-state index >= 15 is 0 Å². The smallest absolute Gasteiger partial charge is 0.161 e. The zero-order chi connectivity index (χ0) is 21.2. The van der Waals surface area contributed by atoms with Gasteiger partial charge < -0.3 is 14.2 Å². The predicted octanol–water partition coefficient (Wildman–Crippen LogP) is 4.83. The third-order valence-corrected chi connectivity index (χ3v) is 7.73. The van der Waals surface area contributed by atoms with Crippen LogP contribution in [0.3, 0.4) is 0 Å². The molecule has 31 heavy (non-hydrogen) atoms. The Morgan fingerprint density at radius 3 is 2.58 bits per heavy atom. The summed E-state index contributed by atoms with van der Waals surface area (Å²) in [6.45, 7) is 4.47. The van der Waals surface area contributed by atoms with Crippen LogP contribution < -0.4 is 9.47 Å². The van der Waals surface area contributed by atoms with Gasteiger partial charge in [0, 0.05) is 42.9 Å². The van der Waals surface area contributed by atoms with Crippen molar-refractivity contribution in [3.8, 4) is 11.5 Å². The van der Waals surface area contributed by atoms with Gasteiger partial charge in [0.15, 0.2) is 11.5 Å². The largest absolute Gasteiger partial charge is 0.493 e. The molecule has 0 bridgehead atoms. The summed E-state index contributed by atoms with van der Waals surface area (Å²) >= 11 is 7.80. The molecule has 3 aliphatic rings. The lowest BCUT2D eigenvalue weighted by Gasteiger charge is -2.45. The molecule has 3 heterocycles. The number of hydrogen-bond acceptors (Lipinski definition) is 6. The van der Waals surface area contributed by atoms with Crippen molar-refractivity contribution in [2.24, 2.45) is 4.99 Å². The fourth-order valence-corrected chi connectivity index (χ4v) is 5.60. The van der Waals surface area contributed by atoms with Crippen molar-refractivity contribution in [3.63, 3.8) is 0 Å². The van der Waals surface area contributed by atoms with Crippen molar-refractivity contribution < 1.29 is 14.2 Å². The highest BCUT2D eigenvalue weighted by Gasteiger charge is 2.35. The van der Waals surface area contributed by atoms with Crippen molar-refractivity contribution in [3.05, 3.63) is 58.6 Å². The molecule has 5 rings (SSSR count). The third-order valence-electron chi connectivity index (χ3n) is 6.18. The van der Waals surface area contributed by atoms with Crippen molar-refractivity contribution in [2.45, 2.75) is 30.2 Å². The molecule has 0 aromatic heterocycles. The SMILES string of the molecule is COc1cc(C2CN=C(c3ccc(Cl)cc3)S2)ccc1OC1CN(C2CCOCC2)C1. The van der Waals surface area contributed by atoms with Gasteiger partial charge in [-0.15, -0.1) is 0 Å². The molecule has 2 fully saturated rings. The number of aliphatic imine (C=N–C) groups is 1. The Kier molecular flexibility index (Phi) is 6.41. The van der Waals surface area contributed by atoms with Gasteiger partial charge in [0.2, 0.25) is 0 Å². The topological polar surface area (TPSA) is 43.3 Å². The maximum absolute atomic E-state index is 6.27. The zero-order valence-electron chi connectivity index (χ0n) is 17.6. The normalized spacial score (nSPS) is 22.8. The van der Waals surface area contributed by atoms with Gasteiger partial charge in [-0.1, -0.05) is 41.6 Å². The van der Waals surface area contributed by atoms with Gasteiger partial charge in [-0.2, -0.15) is 0 Å². The first-order chi connectivity index (χ1) is 15.2. The first-order valence-electron chi connectivity index (χ1n) is 10.8. The van der Waals surface area contributed by atoms with E-state index in [1.54, 1.807) is 18.9 Å². The molecule has 1 atom stereocenters. The van der Waals surface area contributed by atoms with Crippen LogP contribution >= 0.6 is 23.4 Å². The first-order valence-corrected chi connectivity index (χ1v) is 12.1. The molecule has 0 spiro atoms. The second kappa shape index (κ2) is 9.41. The highest BCUT2D eigenvalue weighted by molar-refractivity contribution is 8.14. The summed E-state index contributed by atoms with van der Waals surface area (Å²) < 4.78 is 17.4. The lowest BCUT2D eigenvalue weighted by molar-refractivity contribution is -0.0460. The molecule has 3 aliphatic heterocycles. The van der Waals surface area contributed by atoms with E-state index in [0.29, 0.717) is 6.04 Å². The van der Waals surface area contributed by atoms with E-state index in [-0.39, 0.29) is 11.4 Å². The van der Waals surface area contributed by atoms with Crippen LogP contribution in [-0.4, -0.2) is 62.0 Å². The third kappa shape index (κ3) is 4.72. The second-order valence-electron chi connectivity index (χ2n) is 8.21. The Morgan fingerprint density at radius 2 is 1.84 bits per heavy atom. The van der Waals surface area contributed by atoms with Crippen LogP contribution in [0.2, 0.25) is 5.02 Å². The summed E-state index contributed by atoms with van der Waals surface area (Å²) in [4.78, 5) is 7.26. The Balaban J connectivity index is 1.19. The Hall–Kier alpha value is -1.73. The van der Waals surface area contributed by atoms with Crippen LogP contribution in [0.15, 0.2) is 47.5 Å². The van der Waals surface area contributed by atoms with Crippen molar-refractivity contribution in [2.75, 3.05) is 40.0 Å². The summed E-state index contributed by atoms with van der Waals surface area (Å²) in [6.07, 6.45) is 2.48. The van der Waals surface area contributed by atoms with E-state index in [2.05, 4.69) is 17.0 Å². The molecule has 1 unspecified atom stereocenters. The van der Waals surface area contributed by atoms with Crippen LogP contribution in [0.5, 0.6) is 11.5 Å². The van der Waals surface area contributed by atoms with Gasteiger partial charge in [-0.25, -0.2) is 0 Å². The minimum Gasteiger partial charge on any atom is -0.493 e. The standard InChI is InChI=1S/C24H27ClN2O3S/c1-28-22-12-17(23-13-26-24(31-23)16-2-5-18(25)6-3-16)4-7-21(22)30-20-14-27(15-20)19-8-10-29-11-9-19/h2-7,12,19-20,23H,8-11,13-15H2,1H3. The van der Waals surface area contributed by atoms with Gasteiger partial charge in [-0.3, -0.25) is 9.89 Å². The highest BCUT2D eigenvalue weighted by atomic mass is 35.5. The molecule has 2 saturated heterocycles. The number of benzene rings is 2. The monoisotopic (exact) mass is 458 g/mol. The molecule has 164 valence electrons. The minimum atomic E-state index is 0.225. The average Bonchev–Trinajstić information content (AvgIpc) is 3.27. The van der Waals surface area contributed by atoms with Crippen molar-refractivity contribution in [1.29, 1.82) is 0 Å². The number of rotatable bonds is 6. The molecular formula is C24H27ClN2O3S. The van der Waals surface area contributed by atoms with Gasteiger partial charge in [0.05, 0.1) is 23.9 Å². The van der Waals surface area contributed by atoms with Gasteiger partial charge in [0.1, 0.15) is 6.10 Å². The minimum absolute atomic E-state index is 0.225. The van der Waals surface area contributed by atoms with Crippen LogP contribution in [0.4, 0.5) is 0 Å². The van der Waals surface area contributed by atoms with E-state index in [0.717, 1.165) is 72.8 Å². The molecule has 2 aromatic rings. The van der Waals surface area contributed by atoms with Crippen LogP contribution in [-0.2, 0) is 4.74 Å². The highest BCUT2D eigenvalue weighted by Crippen LogP contribution is 2.41. The maximum Gasteiger partial charge on any atom is 0.161 e. The number of thioether (sulfide) groups is 1. The first kappa shape index (κ1) is 21.1. The Labute approximate surface area is 192 Å². The molecule has 5 nitrogen and oxygen atoms in total. The fourth-order valence-electron chi connectivity index (χ4n) is 4.35. The molecule has 2 aromatic carbocycles. The van der Waals surface area contributed by atoms with Crippen molar-refractivity contribution in [1.82, 2.24) is 4.90 Å². The predicted molar refractivity (Wildman–Crippen MR) is 126 cm³/mol. The van der Waals surface area contributed by atoms with Gasteiger partial charge >= 0.3 is 0 Å². The number of halogens is 1. The lowest BCUT2D eigenvalue weighted by atomic mass is 10.0. The second-order valence-corrected chi connectivity index (χ2v) is 9.83. The van der Waals surface area contributed by atoms with Crippen molar-refractivity contribution >= 4 is 28.4 Å². The summed E-state index contributed by atoms with van der Waals surface area (Å²) in [7, 11) is 1.71. The summed E-state index contributed by atoms with van der Waals surface area (Å²) in [5, 5.41) is 2.08. The number of methoxy groups -OCH3 is 1. The summed E-state index contributed by atoms with van der Waals surface area (Å²) in [5.74, 6) is 1.62. The fraction of sp³-hybridized carbons (Fsp3) is 0.458. The van der Waals surface area contributed by atoms with Gasteiger partial charge in [-0.05, 0) is 42.7 Å².